The Morgan fingerprint density at radius 2 is 2.04 bits per heavy atom. The first-order valence-corrected chi connectivity index (χ1v) is 8.60. The Bertz CT molecular complexity index is 419. The number of amides is 1. The van der Waals surface area contributed by atoms with Gasteiger partial charge in [0.1, 0.15) is 6.54 Å². The number of hydrogen-bond donors (Lipinski definition) is 2. The molecule has 0 aromatic carbocycles. The molecule has 0 aromatic heterocycles. The summed E-state index contributed by atoms with van der Waals surface area (Å²) in [5.41, 5.74) is 0.0148. The predicted octanol–water partition coefficient (Wildman–Crippen LogP) is 1.47. The molecule has 0 aromatic rings. The van der Waals surface area contributed by atoms with E-state index in [9.17, 15) is 4.79 Å². The molecule has 1 fully saturated rings. The molecule has 1 heterocycles. The van der Waals surface area contributed by atoms with Crippen LogP contribution in [-0.2, 0) is 14.3 Å². The molecule has 148 valence electrons. The minimum absolute atomic E-state index is 0. The van der Waals surface area contributed by atoms with Crippen LogP contribution in [-0.4, -0.2) is 76.4 Å². The number of methoxy groups -OCH3 is 1. The van der Waals surface area contributed by atoms with Crippen LogP contribution in [0, 0.1) is 5.41 Å². The minimum atomic E-state index is -0.0349. The molecule has 1 rings (SSSR count). The molecule has 1 amide bonds. The normalized spacial score (nSPS) is 19.1. The molecule has 2 N–H and O–H groups in total. The summed E-state index contributed by atoms with van der Waals surface area (Å²) in [5, 5.41) is 6.56. The number of nitrogens with one attached hydrogen (secondary N) is 2. The Balaban J connectivity index is 0.00000576. The van der Waals surface area contributed by atoms with Crippen molar-refractivity contribution in [1.82, 2.24) is 15.5 Å². The van der Waals surface area contributed by atoms with Crippen molar-refractivity contribution < 1.29 is 14.3 Å². The number of halogens is 1. The van der Waals surface area contributed by atoms with E-state index in [2.05, 4.69) is 36.4 Å². The zero-order valence-corrected chi connectivity index (χ0v) is 18.8. The van der Waals surface area contributed by atoms with Crippen molar-refractivity contribution in [2.24, 2.45) is 10.4 Å². The standard InChI is InChI=1S/C17H34N4O3.HI/c1-17(2,3)14(23-6)11-19-16(20-12-15(22)21(4)5)18-10-13-8-7-9-24-13;/h13-14H,7-12H2,1-6H3,(H2,18,19,20);1H. The van der Waals surface area contributed by atoms with Crippen LogP contribution in [0.25, 0.3) is 0 Å². The van der Waals surface area contributed by atoms with Crippen LogP contribution in [0.5, 0.6) is 0 Å². The maximum absolute atomic E-state index is 11.8. The summed E-state index contributed by atoms with van der Waals surface area (Å²) < 4.78 is 11.2. The summed E-state index contributed by atoms with van der Waals surface area (Å²) in [6.07, 6.45) is 2.40. The van der Waals surface area contributed by atoms with E-state index in [0.29, 0.717) is 19.0 Å². The second-order valence-electron chi connectivity index (χ2n) is 7.44. The highest BCUT2D eigenvalue weighted by molar-refractivity contribution is 14.0. The Morgan fingerprint density at radius 3 is 2.52 bits per heavy atom. The van der Waals surface area contributed by atoms with Gasteiger partial charge in [-0.3, -0.25) is 4.79 Å². The lowest BCUT2D eigenvalue weighted by Gasteiger charge is -2.30. The summed E-state index contributed by atoms with van der Waals surface area (Å²) in [7, 11) is 5.17. The van der Waals surface area contributed by atoms with Gasteiger partial charge in [0.25, 0.3) is 0 Å². The van der Waals surface area contributed by atoms with E-state index < -0.39 is 0 Å². The van der Waals surface area contributed by atoms with E-state index >= 15 is 0 Å². The molecule has 0 aliphatic carbocycles. The van der Waals surface area contributed by atoms with E-state index in [1.54, 1.807) is 21.2 Å². The molecule has 1 aliphatic rings. The van der Waals surface area contributed by atoms with E-state index in [1.165, 1.54) is 4.90 Å². The number of rotatable bonds is 7. The molecule has 2 atom stereocenters. The largest absolute Gasteiger partial charge is 0.379 e. The van der Waals surface area contributed by atoms with Crippen molar-refractivity contribution in [2.45, 2.75) is 45.8 Å². The first-order chi connectivity index (χ1) is 11.2. The van der Waals surface area contributed by atoms with Crippen LogP contribution in [0.1, 0.15) is 33.6 Å². The van der Waals surface area contributed by atoms with Gasteiger partial charge in [0, 0.05) is 40.9 Å². The topological polar surface area (TPSA) is 75.2 Å². The van der Waals surface area contributed by atoms with E-state index in [-0.39, 0.29) is 54.1 Å². The monoisotopic (exact) mass is 470 g/mol. The summed E-state index contributed by atoms with van der Waals surface area (Å²) in [6.45, 7) is 8.64. The smallest absolute Gasteiger partial charge is 0.243 e. The Hall–Kier alpha value is -0.610. The molecule has 0 radical (unpaired) electrons. The second-order valence-corrected chi connectivity index (χ2v) is 7.44. The highest BCUT2D eigenvalue weighted by atomic mass is 127. The van der Waals surface area contributed by atoms with Crippen LogP contribution in [0.4, 0.5) is 0 Å². The third-order valence-electron chi connectivity index (χ3n) is 4.10. The summed E-state index contributed by atoms with van der Waals surface area (Å²) >= 11 is 0. The van der Waals surface area contributed by atoms with Gasteiger partial charge in [-0.1, -0.05) is 20.8 Å². The van der Waals surface area contributed by atoms with Crippen LogP contribution in [0.2, 0.25) is 0 Å². The van der Waals surface area contributed by atoms with Gasteiger partial charge in [-0.15, -0.1) is 24.0 Å². The molecule has 0 bridgehead atoms. The molecular formula is C17H35IN4O3. The molecule has 0 spiro atoms. The van der Waals surface area contributed by atoms with Crippen molar-refractivity contribution in [3.05, 3.63) is 0 Å². The lowest BCUT2D eigenvalue weighted by atomic mass is 9.89. The third kappa shape index (κ3) is 9.60. The number of carbonyl (C=O) groups is 1. The van der Waals surface area contributed by atoms with E-state index in [1.807, 2.05) is 0 Å². The lowest BCUT2D eigenvalue weighted by Crippen LogP contribution is -2.47. The van der Waals surface area contributed by atoms with Crippen molar-refractivity contribution in [3.8, 4) is 0 Å². The lowest BCUT2D eigenvalue weighted by molar-refractivity contribution is -0.127. The molecule has 1 saturated heterocycles. The van der Waals surface area contributed by atoms with Gasteiger partial charge in [0.05, 0.1) is 12.2 Å². The quantitative estimate of drug-likeness (QED) is 0.335. The number of aliphatic imine (C=N–C) groups is 1. The Labute approximate surface area is 169 Å². The molecule has 25 heavy (non-hydrogen) atoms. The fourth-order valence-electron chi connectivity index (χ4n) is 2.41. The maximum atomic E-state index is 11.8. The highest BCUT2D eigenvalue weighted by Gasteiger charge is 2.24. The van der Waals surface area contributed by atoms with Crippen molar-refractivity contribution in [2.75, 3.05) is 47.4 Å². The Morgan fingerprint density at radius 1 is 1.36 bits per heavy atom. The van der Waals surface area contributed by atoms with Gasteiger partial charge in [0.2, 0.25) is 5.91 Å². The first kappa shape index (κ1) is 24.4. The molecule has 7 nitrogen and oxygen atoms in total. The van der Waals surface area contributed by atoms with Crippen LogP contribution in [0.3, 0.4) is 0 Å². The highest BCUT2D eigenvalue weighted by Crippen LogP contribution is 2.20. The second kappa shape index (κ2) is 11.9. The maximum Gasteiger partial charge on any atom is 0.243 e. The average molecular weight is 470 g/mol. The van der Waals surface area contributed by atoms with Crippen molar-refractivity contribution >= 4 is 35.8 Å². The number of carbonyl (C=O) groups excluding carboxylic acids is 1. The van der Waals surface area contributed by atoms with E-state index in [4.69, 9.17) is 9.47 Å². The van der Waals surface area contributed by atoms with E-state index in [0.717, 1.165) is 19.4 Å². The van der Waals surface area contributed by atoms with Crippen molar-refractivity contribution in [3.63, 3.8) is 0 Å². The number of hydrogen-bond acceptors (Lipinski definition) is 4. The Kier molecular flexibility index (Phi) is 11.6. The third-order valence-corrected chi connectivity index (χ3v) is 4.10. The summed E-state index contributed by atoms with van der Waals surface area (Å²) in [5.74, 6) is 0.583. The molecular weight excluding hydrogens is 435 g/mol. The fraction of sp³-hybridized carbons (Fsp3) is 0.882. The molecule has 0 saturated carbocycles. The zero-order chi connectivity index (χ0) is 18.2. The zero-order valence-electron chi connectivity index (χ0n) is 16.4. The number of nitrogens with zero attached hydrogens (tertiary/aromatic N) is 2. The number of ether oxygens (including phenoxy) is 2. The van der Waals surface area contributed by atoms with Gasteiger partial charge in [0.15, 0.2) is 5.96 Å². The number of likely N-dealkylation sites (N-methyl/N-ethyl adjacent to an activating group) is 1. The average Bonchev–Trinajstić information content (AvgIpc) is 3.01. The molecule has 1 aliphatic heterocycles. The first-order valence-electron chi connectivity index (χ1n) is 8.60. The van der Waals surface area contributed by atoms with Crippen LogP contribution < -0.4 is 10.6 Å². The van der Waals surface area contributed by atoms with Gasteiger partial charge in [-0.25, -0.2) is 4.99 Å². The van der Waals surface area contributed by atoms with Gasteiger partial charge in [-0.2, -0.15) is 0 Å². The summed E-state index contributed by atoms with van der Waals surface area (Å²) in [6, 6.07) is 0. The fourth-order valence-corrected chi connectivity index (χ4v) is 2.41. The molecule has 8 heteroatoms. The minimum Gasteiger partial charge on any atom is -0.379 e. The van der Waals surface area contributed by atoms with Gasteiger partial charge >= 0.3 is 0 Å². The van der Waals surface area contributed by atoms with Crippen LogP contribution >= 0.6 is 24.0 Å². The number of guanidine groups is 1. The van der Waals surface area contributed by atoms with Gasteiger partial charge in [-0.05, 0) is 18.3 Å². The predicted molar refractivity (Wildman–Crippen MR) is 112 cm³/mol. The van der Waals surface area contributed by atoms with Crippen molar-refractivity contribution in [1.29, 1.82) is 0 Å². The van der Waals surface area contributed by atoms with Crippen LogP contribution in [0.15, 0.2) is 4.99 Å². The van der Waals surface area contributed by atoms with Gasteiger partial charge < -0.3 is 25.0 Å². The SMILES string of the molecule is COC(CNC(=NCC(=O)N(C)C)NCC1CCCO1)C(C)(C)C.I. The molecule has 2 unspecified atom stereocenters. The summed E-state index contributed by atoms with van der Waals surface area (Å²) in [4.78, 5) is 17.7.